The molecule has 0 unspecified atom stereocenters. The molecule has 11 nitrogen and oxygen atoms in total. The van der Waals surface area contributed by atoms with Crippen LogP contribution in [-0.2, 0) is 0 Å². The first-order valence-electron chi connectivity index (χ1n) is 6.37. The van der Waals surface area contributed by atoms with Gasteiger partial charge in [-0.15, -0.1) is 0 Å². The Bertz CT molecular complexity index is 230. The maximum atomic E-state index is 8.96. The van der Waals surface area contributed by atoms with Gasteiger partial charge in [0.15, 0.2) is 0 Å². The molecule has 0 aromatic rings. The Balaban J connectivity index is 0. The fourth-order valence-corrected chi connectivity index (χ4v) is 1.14. The second kappa shape index (κ2) is 13.0. The fraction of sp³-hybridized carbons (Fsp3) is 1.00. The highest BCUT2D eigenvalue weighted by atomic mass is 16.4. The smallest absolute Gasteiger partial charge is 0.111 e. The third kappa shape index (κ3) is 8.87. The van der Waals surface area contributed by atoms with E-state index in [1.165, 1.54) is 0 Å². The lowest BCUT2D eigenvalue weighted by atomic mass is 10.0. The maximum absolute atomic E-state index is 8.96. The first-order valence-corrected chi connectivity index (χ1v) is 6.37. The van der Waals surface area contributed by atoms with Gasteiger partial charge in [-0.1, -0.05) is 0 Å². The normalized spacial score (nSPS) is 20.9. The molecule has 0 saturated heterocycles. The molecule has 136 valence electrons. The summed E-state index contributed by atoms with van der Waals surface area (Å²) in [5.41, 5.74) is 0. The van der Waals surface area contributed by atoms with Gasteiger partial charge in [-0.3, -0.25) is 0 Å². The summed E-state index contributed by atoms with van der Waals surface area (Å²) in [6, 6.07) is 0. The lowest BCUT2D eigenvalue weighted by Crippen LogP contribution is -2.46. The Kier molecular flexibility index (Phi) is 14.1. The highest BCUT2D eigenvalue weighted by Gasteiger charge is 2.29. The van der Waals surface area contributed by atoms with Gasteiger partial charge in [0.25, 0.3) is 0 Å². The van der Waals surface area contributed by atoms with Crippen molar-refractivity contribution in [3.8, 4) is 0 Å². The molecule has 0 aliphatic heterocycles. The monoisotopic (exact) mass is 334 g/mol. The summed E-state index contributed by atoms with van der Waals surface area (Å²) < 4.78 is 0. The lowest BCUT2D eigenvalue weighted by molar-refractivity contribution is -0.123. The number of aliphatic hydroxyl groups is 11. The number of hydrogen-bond acceptors (Lipinski definition) is 11. The second-order valence-electron chi connectivity index (χ2n) is 4.47. The zero-order valence-electron chi connectivity index (χ0n) is 11.8. The molecule has 0 amide bonds. The molecular formula is C11H26O11. The predicted molar refractivity (Wildman–Crippen MR) is 70.4 cm³/mol. The van der Waals surface area contributed by atoms with Crippen LogP contribution in [0.4, 0.5) is 0 Å². The molecule has 0 rings (SSSR count). The van der Waals surface area contributed by atoms with Gasteiger partial charge in [-0.25, -0.2) is 0 Å². The third-order valence-electron chi connectivity index (χ3n) is 2.68. The number of aliphatic hydroxyl groups excluding tert-OH is 11. The SMILES string of the molecule is OC[C@@H](O)[C@@H](O)[C@H](O)[C@H](O)CO.OC[C@@H](O)[C@H](O)[C@@H](O)CO. The van der Waals surface area contributed by atoms with Crippen molar-refractivity contribution < 1.29 is 56.2 Å². The Morgan fingerprint density at radius 1 is 0.364 bits per heavy atom. The van der Waals surface area contributed by atoms with Crippen molar-refractivity contribution in [3.63, 3.8) is 0 Å². The van der Waals surface area contributed by atoms with Gasteiger partial charge in [0.1, 0.15) is 42.7 Å². The van der Waals surface area contributed by atoms with Crippen molar-refractivity contribution in [1.82, 2.24) is 0 Å². The van der Waals surface area contributed by atoms with Gasteiger partial charge in [-0.2, -0.15) is 0 Å². The highest BCUT2D eigenvalue weighted by Crippen LogP contribution is 2.04. The van der Waals surface area contributed by atoms with E-state index in [2.05, 4.69) is 0 Å². The molecule has 0 aliphatic rings. The minimum absolute atomic E-state index is 0.641. The molecule has 0 aromatic carbocycles. The van der Waals surface area contributed by atoms with Crippen LogP contribution in [0.2, 0.25) is 0 Å². The first kappa shape index (κ1) is 23.8. The zero-order valence-corrected chi connectivity index (χ0v) is 11.8. The van der Waals surface area contributed by atoms with Gasteiger partial charge in [0, 0.05) is 0 Å². The van der Waals surface area contributed by atoms with Crippen molar-refractivity contribution >= 4 is 0 Å². The zero-order chi connectivity index (χ0) is 17.9. The topological polar surface area (TPSA) is 223 Å². The average molecular weight is 334 g/mol. The van der Waals surface area contributed by atoms with E-state index < -0.39 is 69.2 Å². The van der Waals surface area contributed by atoms with Crippen molar-refractivity contribution in [2.24, 2.45) is 0 Å². The largest absolute Gasteiger partial charge is 0.394 e. The van der Waals surface area contributed by atoms with Gasteiger partial charge >= 0.3 is 0 Å². The van der Waals surface area contributed by atoms with Crippen LogP contribution in [0.1, 0.15) is 0 Å². The van der Waals surface area contributed by atoms with Gasteiger partial charge < -0.3 is 56.2 Å². The molecule has 0 saturated carbocycles. The summed E-state index contributed by atoms with van der Waals surface area (Å²) in [4.78, 5) is 0. The molecule has 0 bridgehead atoms. The summed E-state index contributed by atoms with van der Waals surface area (Å²) in [6.07, 6.45) is -10.7. The maximum Gasteiger partial charge on any atom is 0.111 e. The van der Waals surface area contributed by atoms with Crippen LogP contribution in [0, 0.1) is 0 Å². The lowest BCUT2D eigenvalue weighted by Gasteiger charge is -2.24. The molecule has 22 heavy (non-hydrogen) atoms. The van der Waals surface area contributed by atoms with Crippen LogP contribution >= 0.6 is 0 Å². The predicted octanol–water partition coefficient (Wildman–Crippen LogP) is -6.53. The van der Waals surface area contributed by atoms with Crippen molar-refractivity contribution in [1.29, 1.82) is 0 Å². The molecule has 11 heteroatoms. The first-order chi connectivity index (χ1) is 10.2. The Labute approximate surface area is 126 Å². The van der Waals surface area contributed by atoms with E-state index in [4.69, 9.17) is 56.2 Å². The number of rotatable bonds is 9. The third-order valence-corrected chi connectivity index (χ3v) is 2.68. The quantitative estimate of drug-likeness (QED) is 0.190. The second-order valence-corrected chi connectivity index (χ2v) is 4.47. The Hall–Kier alpha value is -0.440. The van der Waals surface area contributed by atoms with Crippen molar-refractivity contribution in [2.75, 3.05) is 26.4 Å². The standard InChI is InChI=1S/C6H14O6.C5H12O5/c7-1-3(9)5(11)6(12)4(10)2-8;6-1-3(8)5(10)4(9)2-7/h3-12H,1-2H2;3-10H,1-2H2/t3-,4-,5-,6-;3-,4+,5+/m1./s1. The Morgan fingerprint density at radius 2 is 0.545 bits per heavy atom. The molecular weight excluding hydrogens is 308 g/mol. The van der Waals surface area contributed by atoms with Gasteiger partial charge in [0.2, 0.25) is 0 Å². The van der Waals surface area contributed by atoms with Crippen molar-refractivity contribution in [2.45, 2.75) is 42.7 Å². The summed E-state index contributed by atoms with van der Waals surface area (Å²) in [6.45, 7) is -2.73. The van der Waals surface area contributed by atoms with Crippen LogP contribution in [-0.4, -0.2) is 125 Å². The number of hydrogen-bond donors (Lipinski definition) is 11. The molecule has 0 spiro atoms. The summed E-state index contributed by atoms with van der Waals surface area (Å²) >= 11 is 0. The molecule has 0 aromatic heterocycles. The summed E-state index contributed by atoms with van der Waals surface area (Å²) in [7, 11) is 0. The van der Waals surface area contributed by atoms with E-state index in [1.807, 2.05) is 0 Å². The minimum atomic E-state index is -1.67. The fourth-order valence-electron chi connectivity index (χ4n) is 1.14. The molecule has 0 heterocycles. The highest BCUT2D eigenvalue weighted by molar-refractivity contribution is 4.79. The van der Waals surface area contributed by atoms with E-state index in [9.17, 15) is 0 Å². The summed E-state index contributed by atoms with van der Waals surface area (Å²) in [5, 5.41) is 94.8. The van der Waals surface area contributed by atoms with E-state index >= 15 is 0 Å². The summed E-state index contributed by atoms with van der Waals surface area (Å²) in [5.74, 6) is 0. The molecule has 11 N–H and O–H groups in total. The van der Waals surface area contributed by atoms with Crippen LogP contribution in [0.25, 0.3) is 0 Å². The van der Waals surface area contributed by atoms with Crippen LogP contribution in [0.3, 0.4) is 0 Å². The molecule has 7 atom stereocenters. The van der Waals surface area contributed by atoms with Gasteiger partial charge in [-0.05, 0) is 0 Å². The van der Waals surface area contributed by atoms with E-state index in [-0.39, 0.29) is 0 Å². The molecule has 0 radical (unpaired) electrons. The van der Waals surface area contributed by atoms with Crippen LogP contribution in [0.5, 0.6) is 0 Å². The van der Waals surface area contributed by atoms with E-state index in [0.717, 1.165) is 0 Å². The Morgan fingerprint density at radius 3 is 0.727 bits per heavy atom. The molecule has 0 fully saturated rings. The van der Waals surface area contributed by atoms with Gasteiger partial charge in [0.05, 0.1) is 26.4 Å². The average Bonchev–Trinajstić information content (AvgIpc) is 2.56. The molecule has 0 aliphatic carbocycles. The minimum Gasteiger partial charge on any atom is -0.394 e. The van der Waals surface area contributed by atoms with Crippen molar-refractivity contribution in [3.05, 3.63) is 0 Å². The van der Waals surface area contributed by atoms with E-state index in [1.54, 1.807) is 0 Å². The van der Waals surface area contributed by atoms with Crippen LogP contribution < -0.4 is 0 Å². The van der Waals surface area contributed by atoms with Crippen LogP contribution in [0.15, 0.2) is 0 Å². The van der Waals surface area contributed by atoms with E-state index in [0.29, 0.717) is 0 Å².